The second-order valence-corrected chi connectivity index (χ2v) is 5.20. The molecule has 6 heteroatoms. The standard InChI is InChI=1S/C13H22N4O2/c1-2-4-11-15-12(17-16-11)13(19)14-7-9-5-3-6-10(9)8-18/h9-10,18H,2-8H2,1H3,(H,14,19)(H,15,16,17). The zero-order chi connectivity index (χ0) is 13.7. The van der Waals surface area contributed by atoms with E-state index < -0.39 is 0 Å². The van der Waals surface area contributed by atoms with Crippen LogP contribution in [-0.4, -0.2) is 39.3 Å². The van der Waals surface area contributed by atoms with E-state index in [0.717, 1.165) is 37.9 Å². The molecule has 1 fully saturated rings. The Morgan fingerprint density at radius 2 is 2.26 bits per heavy atom. The van der Waals surface area contributed by atoms with Crippen molar-refractivity contribution in [3.63, 3.8) is 0 Å². The number of carbonyl (C=O) groups excluding carboxylic acids is 1. The number of aromatic nitrogens is 3. The fourth-order valence-electron chi connectivity index (χ4n) is 2.67. The molecular weight excluding hydrogens is 244 g/mol. The maximum absolute atomic E-state index is 11.9. The van der Waals surface area contributed by atoms with Gasteiger partial charge in [0.15, 0.2) is 0 Å². The first kappa shape index (κ1) is 14.0. The molecule has 3 N–H and O–H groups in total. The minimum Gasteiger partial charge on any atom is -0.396 e. The molecule has 19 heavy (non-hydrogen) atoms. The molecule has 2 atom stereocenters. The van der Waals surface area contributed by atoms with Gasteiger partial charge in [-0.05, 0) is 31.1 Å². The third-order valence-corrected chi connectivity index (χ3v) is 3.80. The van der Waals surface area contributed by atoms with Gasteiger partial charge < -0.3 is 10.4 Å². The summed E-state index contributed by atoms with van der Waals surface area (Å²) in [4.78, 5) is 16.1. The summed E-state index contributed by atoms with van der Waals surface area (Å²) in [7, 11) is 0. The van der Waals surface area contributed by atoms with E-state index in [1.165, 1.54) is 0 Å². The van der Waals surface area contributed by atoms with Crippen LogP contribution < -0.4 is 5.32 Å². The third-order valence-electron chi connectivity index (χ3n) is 3.80. The lowest BCUT2D eigenvalue weighted by Gasteiger charge is -2.17. The molecule has 2 rings (SSSR count). The Hall–Kier alpha value is -1.43. The highest BCUT2D eigenvalue weighted by atomic mass is 16.3. The zero-order valence-corrected chi connectivity index (χ0v) is 11.4. The summed E-state index contributed by atoms with van der Waals surface area (Å²) in [5, 5.41) is 18.8. The molecule has 1 amide bonds. The van der Waals surface area contributed by atoms with Crippen LogP contribution in [0.4, 0.5) is 0 Å². The normalized spacial score (nSPS) is 22.6. The van der Waals surface area contributed by atoms with Crippen LogP contribution in [0.5, 0.6) is 0 Å². The number of amides is 1. The van der Waals surface area contributed by atoms with Gasteiger partial charge in [-0.1, -0.05) is 13.3 Å². The summed E-state index contributed by atoms with van der Waals surface area (Å²) >= 11 is 0. The van der Waals surface area contributed by atoms with Gasteiger partial charge >= 0.3 is 0 Å². The van der Waals surface area contributed by atoms with Gasteiger partial charge in [0.25, 0.3) is 5.91 Å². The number of hydrogen-bond acceptors (Lipinski definition) is 4. The Morgan fingerprint density at radius 3 is 3.00 bits per heavy atom. The van der Waals surface area contributed by atoms with Gasteiger partial charge in [-0.25, -0.2) is 4.98 Å². The largest absolute Gasteiger partial charge is 0.396 e. The van der Waals surface area contributed by atoms with Gasteiger partial charge in [-0.15, -0.1) is 5.10 Å². The van der Waals surface area contributed by atoms with E-state index in [1.807, 2.05) is 0 Å². The first-order chi connectivity index (χ1) is 9.24. The van der Waals surface area contributed by atoms with Crippen LogP contribution in [0.2, 0.25) is 0 Å². The Bertz CT molecular complexity index is 419. The predicted octanol–water partition coefficient (Wildman–Crippen LogP) is 0.896. The Morgan fingerprint density at radius 1 is 1.47 bits per heavy atom. The minimum atomic E-state index is -0.234. The zero-order valence-electron chi connectivity index (χ0n) is 11.4. The van der Waals surface area contributed by atoms with Gasteiger partial charge in [0, 0.05) is 19.6 Å². The van der Waals surface area contributed by atoms with E-state index in [4.69, 9.17) is 0 Å². The molecule has 0 saturated heterocycles. The van der Waals surface area contributed by atoms with Gasteiger partial charge in [0.2, 0.25) is 5.82 Å². The molecule has 6 nitrogen and oxygen atoms in total. The monoisotopic (exact) mass is 266 g/mol. The summed E-state index contributed by atoms with van der Waals surface area (Å²) < 4.78 is 0. The van der Waals surface area contributed by atoms with Crippen LogP contribution in [0.15, 0.2) is 0 Å². The van der Waals surface area contributed by atoms with Gasteiger partial charge in [-0.2, -0.15) is 0 Å². The van der Waals surface area contributed by atoms with E-state index in [-0.39, 0.29) is 18.3 Å². The van der Waals surface area contributed by atoms with E-state index in [0.29, 0.717) is 18.4 Å². The van der Waals surface area contributed by atoms with Crippen molar-refractivity contribution in [3.05, 3.63) is 11.6 Å². The highest BCUT2D eigenvalue weighted by molar-refractivity contribution is 5.90. The molecule has 0 aliphatic heterocycles. The average molecular weight is 266 g/mol. The number of aromatic amines is 1. The Labute approximate surface area is 113 Å². The van der Waals surface area contributed by atoms with Crippen molar-refractivity contribution in [2.45, 2.75) is 39.0 Å². The van der Waals surface area contributed by atoms with Crippen LogP contribution in [0.25, 0.3) is 0 Å². The van der Waals surface area contributed by atoms with Crippen molar-refractivity contribution in [3.8, 4) is 0 Å². The maximum atomic E-state index is 11.9. The van der Waals surface area contributed by atoms with E-state index >= 15 is 0 Å². The molecule has 2 unspecified atom stereocenters. The number of H-pyrrole nitrogens is 1. The van der Waals surface area contributed by atoms with Crippen molar-refractivity contribution in [2.24, 2.45) is 11.8 Å². The van der Waals surface area contributed by atoms with Crippen molar-refractivity contribution in [1.29, 1.82) is 0 Å². The molecular formula is C13H22N4O2. The number of nitrogens with zero attached hydrogens (tertiary/aromatic N) is 2. The molecule has 1 aromatic rings. The van der Waals surface area contributed by atoms with Crippen LogP contribution in [0.3, 0.4) is 0 Å². The number of aryl methyl sites for hydroxylation is 1. The van der Waals surface area contributed by atoms with Crippen LogP contribution in [0.1, 0.15) is 49.1 Å². The Balaban J connectivity index is 1.83. The summed E-state index contributed by atoms with van der Waals surface area (Å²) in [5.74, 6) is 1.43. The predicted molar refractivity (Wildman–Crippen MR) is 70.6 cm³/mol. The molecule has 1 aliphatic rings. The maximum Gasteiger partial charge on any atom is 0.290 e. The van der Waals surface area contributed by atoms with Gasteiger partial charge in [0.1, 0.15) is 5.82 Å². The summed E-state index contributed by atoms with van der Waals surface area (Å²) in [6.07, 6.45) is 5.03. The smallest absolute Gasteiger partial charge is 0.290 e. The fraction of sp³-hybridized carbons (Fsp3) is 0.769. The molecule has 1 aromatic heterocycles. The fourth-order valence-corrected chi connectivity index (χ4v) is 2.67. The summed E-state index contributed by atoms with van der Waals surface area (Å²) in [6, 6.07) is 0. The van der Waals surface area contributed by atoms with E-state index in [1.54, 1.807) is 0 Å². The first-order valence-corrected chi connectivity index (χ1v) is 7.05. The highest BCUT2D eigenvalue weighted by Gasteiger charge is 2.27. The van der Waals surface area contributed by atoms with Crippen LogP contribution in [-0.2, 0) is 6.42 Å². The van der Waals surface area contributed by atoms with Gasteiger partial charge in [-0.3, -0.25) is 9.89 Å². The number of rotatable bonds is 6. The molecule has 1 aliphatic carbocycles. The molecule has 0 spiro atoms. The van der Waals surface area contributed by atoms with Crippen molar-refractivity contribution < 1.29 is 9.90 Å². The number of nitrogens with one attached hydrogen (secondary N) is 2. The minimum absolute atomic E-state index is 0.210. The summed E-state index contributed by atoms with van der Waals surface area (Å²) in [5.41, 5.74) is 0. The van der Waals surface area contributed by atoms with Crippen LogP contribution in [0, 0.1) is 11.8 Å². The highest BCUT2D eigenvalue weighted by Crippen LogP contribution is 2.30. The number of hydrogen-bond donors (Lipinski definition) is 3. The molecule has 106 valence electrons. The quantitative estimate of drug-likeness (QED) is 0.713. The molecule has 1 heterocycles. The van der Waals surface area contributed by atoms with E-state index in [9.17, 15) is 9.90 Å². The van der Waals surface area contributed by atoms with Crippen molar-refractivity contribution in [1.82, 2.24) is 20.5 Å². The number of aliphatic hydroxyl groups excluding tert-OH is 1. The molecule has 0 radical (unpaired) electrons. The lowest BCUT2D eigenvalue weighted by Crippen LogP contribution is -2.32. The van der Waals surface area contributed by atoms with Crippen molar-refractivity contribution in [2.75, 3.05) is 13.2 Å². The SMILES string of the molecule is CCCc1nc(C(=O)NCC2CCCC2CO)n[nH]1. The average Bonchev–Trinajstić information content (AvgIpc) is 3.04. The van der Waals surface area contributed by atoms with Crippen LogP contribution >= 0.6 is 0 Å². The lowest BCUT2D eigenvalue weighted by atomic mass is 9.97. The molecule has 1 saturated carbocycles. The first-order valence-electron chi connectivity index (χ1n) is 7.05. The van der Waals surface area contributed by atoms with Crippen molar-refractivity contribution >= 4 is 5.91 Å². The second kappa shape index (κ2) is 6.65. The molecule has 0 aromatic carbocycles. The third kappa shape index (κ3) is 3.53. The van der Waals surface area contributed by atoms with E-state index in [2.05, 4.69) is 27.4 Å². The number of aliphatic hydroxyl groups is 1. The summed E-state index contributed by atoms with van der Waals surface area (Å²) in [6.45, 7) is 2.86. The molecule has 0 bridgehead atoms. The lowest BCUT2D eigenvalue weighted by molar-refractivity contribution is 0.0927. The number of carbonyl (C=O) groups is 1. The Kier molecular flexibility index (Phi) is 4.90. The second-order valence-electron chi connectivity index (χ2n) is 5.20. The topological polar surface area (TPSA) is 90.9 Å². The van der Waals surface area contributed by atoms with Gasteiger partial charge in [0.05, 0.1) is 0 Å².